The Balaban J connectivity index is 0.000000150. The number of fused-ring (bicyclic) bond motifs is 6. The second kappa shape index (κ2) is 35.7. The van der Waals surface area contributed by atoms with Gasteiger partial charge in [0.15, 0.2) is 0 Å². The molecule has 12 heteroatoms. The number of benzene rings is 20. The molecule has 0 fully saturated rings. The van der Waals surface area contributed by atoms with Crippen molar-refractivity contribution in [3.8, 4) is 86.8 Å². The number of aromatic nitrogens is 4. The smallest absolute Gasteiger partial charge is 0.124 e. The third kappa shape index (κ3) is 16.3. The van der Waals surface area contributed by atoms with Gasteiger partial charge >= 0.3 is 0 Å². The van der Waals surface area contributed by atoms with E-state index in [9.17, 15) is 0 Å². The molecule has 132 heavy (non-hydrogen) atoms. The molecule has 0 saturated carbocycles. The van der Waals surface area contributed by atoms with E-state index < -0.39 is 0 Å². The highest BCUT2D eigenvalue weighted by atomic mass is 32.1. The molecule has 0 aliphatic rings. The molecule has 0 amide bonds. The summed E-state index contributed by atoms with van der Waals surface area (Å²) >= 11 is 6.93. The molecule has 24 rings (SSSR count). The molecule has 8 nitrogen and oxygen atoms in total. The normalized spacial score (nSPS) is 11.3. The monoisotopic (exact) mass is 1760 g/mol. The molecule has 4 aromatic heterocycles. The van der Waals surface area contributed by atoms with Crippen LogP contribution in [0.5, 0.6) is 0 Å². The molecule has 0 bridgehead atoms. The number of nitrogens with zero attached hydrogens (tertiary/aromatic N) is 8. The number of thiazole rings is 4. The Labute approximate surface area is 781 Å². The minimum atomic E-state index is 1.03. The van der Waals surface area contributed by atoms with Crippen molar-refractivity contribution >= 4 is 176 Å². The maximum Gasteiger partial charge on any atom is 0.124 e. The van der Waals surface area contributed by atoms with Crippen LogP contribution in [0.25, 0.3) is 149 Å². The first-order chi connectivity index (χ1) is 65.4. The molecule has 0 N–H and O–H groups in total. The summed E-state index contributed by atoms with van der Waals surface area (Å²) in [5.41, 5.74) is 31.1. The number of hydrogen-bond acceptors (Lipinski definition) is 12. The van der Waals surface area contributed by atoms with Crippen LogP contribution in [0, 0.1) is 0 Å². The van der Waals surface area contributed by atoms with Crippen molar-refractivity contribution in [3.63, 3.8) is 0 Å². The van der Waals surface area contributed by atoms with Crippen molar-refractivity contribution in [2.75, 3.05) is 19.6 Å². The van der Waals surface area contributed by atoms with E-state index in [1.807, 2.05) is 24.3 Å². The van der Waals surface area contributed by atoms with Gasteiger partial charge in [0.2, 0.25) is 0 Å². The van der Waals surface area contributed by atoms with Gasteiger partial charge < -0.3 is 19.6 Å². The summed E-state index contributed by atoms with van der Waals surface area (Å²) < 4.78 is 4.81. The molecule has 0 aliphatic heterocycles. The third-order valence-electron chi connectivity index (χ3n) is 24.3. The van der Waals surface area contributed by atoms with Gasteiger partial charge in [-0.25, -0.2) is 19.9 Å². The van der Waals surface area contributed by atoms with Crippen LogP contribution in [-0.4, -0.2) is 19.9 Å². The van der Waals surface area contributed by atoms with E-state index in [4.69, 9.17) is 19.9 Å². The van der Waals surface area contributed by atoms with Crippen LogP contribution < -0.4 is 19.6 Å². The summed E-state index contributed by atoms with van der Waals surface area (Å²) in [4.78, 5) is 28.9. The highest BCUT2D eigenvalue weighted by Crippen LogP contribution is 2.47. The van der Waals surface area contributed by atoms with Gasteiger partial charge in [-0.3, -0.25) is 0 Å². The van der Waals surface area contributed by atoms with E-state index in [1.54, 1.807) is 45.3 Å². The lowest BCUT2D eigenvalue weighted by molar-refractivity contribution is 1.28. The van der Waals surface area contributed by atoms with E-state index in [0.29, 0.717) is 0 Å². The Morgan fingerprint density at radius 1 is 0.136 bits per heavy atom. The fourth-order valence-corrected chi connectivity index (χ4v) is 21.5. The lowest BCUT2D eigenvalue weighted by Crippen LogP contribution is -2.10. The number of rotatable bonds is 20. The summed E-state index contributed by atoms with van der Waals surface area (Å²) in [7, 11) is 0. The minimum absolute atomic E-state index is 1.03. The zero-order valence-corrected chi connectivity index (χ0v) is 74.7. The lowest BCUT2D eigenvalue weighted by atomic mass is 10.0. The Bertz CT molecular complexity index is 7580. The topological polar surface area (TPSA) is 64.5 Å². The number of hydrogen-bond donors (Lipinski definition) is 0. The molecule has 20 aromatic carbocycles. The van der Waals surface area contributed by atoms with E-state index in [0.717, 1.165) is 155 Å². The summed E-state index contributed by atoms with van der Waals surface area (Å²) in [6.45, 7) is 0. The molecule has 24 aromatic rings. The largest absolute Gasteiger partial charge is 0.311 e. The van der Waals surface area contributed by atoms with Gasteiger partial charge in [0.05, 0.1) is 52.2 Å². The zero-order chi connectivity index (χ0) is 87.6. The van der Waals surface area contributed by atoms with Crippen molar-refractivity contribution < 1.29 is 0 Å². The van der Waals surface area contributed by atoms with Crippen molar-refractivity contribution in [1.29, 1.82) is 0 Å². The van der Waals surface area contributed by atoms with Crippen molar-refractivity contribution in [3.05, 3.63) is 485 Å². The highest BCUT2D eigenvalue weighted by Gasteiger charge is 2.23. The molecule has 0 atom stereocenters. The molecule has 0 aliphatic carbocycles. The van der Waals surface area contributed by atoms with Crippen LogP contribution in [-0.2, 0) is 0 Å². The minimum Gasteiger partial charge on any atom is -0.311 e. The third-order valence-corrected chi connectivity index (χ3v) is 28.7. The first-order valence-corrected chi connectivity index (χ1v) is 47.4. The first-order valence-electron chi connectivity index (χ1n) is 44.1. The lowest BCUT2D eigenvalue weighted by Gasteiger charge is -2.27. The maximum atomic E-state index is 4.93. The van der Waals surface area contributed by atoms with Gasteiger partial charge in [-0.15, -0.1) is 45.3 Å². The number of anilines is 12. The Morgan fingerprint density at radius 3 is 0.568 bits per heavy atom. The van der Waals surface area contributed by atoms with Crippen LogP contribution >= 0.6 is 45.3 Å². The molecule has 0 saturated heterocycles. The van der Waals surface area contributed by atoms with Gasteiger partial charge in [0, 0.05) is 89.9 Å². The SMILES string of the molecule is c1ccc(N(c2ccc(-c3ccc(-c4nc5ccccc5s4)cc3)cc2)c2ccc(-c3ccc(N(c4ccccc4)c4ccc(-c5ccc(-c6nc7ccccc7s6)cc5)cc4)cc3)cc2)cc1.c1ccc2c(N(c3ccc(-c4ccc(N(c5ccc(-c6nc7ccccc7s6)cc5)c5cccc6ccccc56)cc4)cc3)c3ccc(-c4nc5ccccc5s4)cc3)cccc2c1. The molecule has 0 unspecified atom stereocenters. The second-order valence-electron chi connectivity index (χ2n) is 32.5. The van der Waals surface area contributed by atoms with Gasteiger partial charge in [-0.05, 0) is 262 Å². The van der Waals surface area contributed by atoms with E-state index >= 15 is 0 Å². The summed E-state index contributed by atoms with van der Waals surface area (Å²) in [6, 6.07) is 173. The van der Waals surface area contributed by atoms with Gasteiger partial charge in [0.25, 0.3) is 0 Å². The molecule has 0 radical (unpaired) electrons. The van der Waals surface area contributed by atoms with E-state index in [-0.39, 0.29) is 0 Å². The van der Waals surface area contributed by atoms with Crippen LogP contribution in [0.15, 0.2) is 485 Å². The quantitative estimate of drug-likeness (QED) is 0.0748. The van der Waals surface area contributed by atoms with Crippen LogP contribution in [0.1, 0.15) is 0 Å². The van der Waals surface area contributed by atoms with E-state index in [2.05, 4.69) is 481 Å². The number of para-hydroxylation sites is 6. The summed E-state index contributed by atoms with van der Waals surface area (Å²) in [5, 5.41) is 8.94. The van der Waals surface area contributed by atoms with Crippen LogP contribution in [0.2, 0.25) is 0 Å². The Kier molecular flexibility index (Phi) is 21.7. The van der Waals surface area contributed by atoms with Gasteiger partial charge in [0.1, 0.15) is 20.0 Å². The van der Waals surface area contributed by atoms with Crippen LogP contribution in [0.3, 0.4) is 0 Å². The molecule has 4 heterocycles. The highest BCUT2D eigenvalue weighted by molar-refractivity contribution is 7.22. The summed E-state index contributed by atoms with van der Waals surface area (Å²) in [6.07, 6.45) is 0. The second-order valence-corrected chi connectivity index (χ2v) is 36.6. The van der Waals surface area contributed by atoms with Crippen molar-refractivity contribution in [2.24, 2.45) is 0 Å². The maximum absolute atomic E-state index is 4.93. The average Bonchev–Trinajstić information content (AvgIpc) is 0.849. The molecule has 624 valence electrons. The fourth-order valence-electron chi connectivity index (χ4n) is 17.6. The average molecular weight is 1760 g/mol. The zero-order valence-electron chi connectivity index (χ0n) is 71.4. The van der Waals surface area contributed by atoms with Crippen molar-refractivity contribution in [1.82, 2.24) is 19.9 Å². The first kappa shape index (κ1) is 80.3. The molecular weight excluding hydrogens is 1680 g/mol. The molecular formula is C120H80N8S4. The van der Waals surface area contributed by atoms with Gasteiger partial charge in [-0.2, -0.15) is 0 Å². The predicted molar refractivity (Wildman–Crippen MR) is 563 cm³/mol. The Morgan fingerprint density at radius 2 is 0.318 bits per heavy atom. The van der Waals surface area contributed by atoms with Crippen molar-refractivity contribution in [2.45, 2.75) is 0 Å². The standard InChI is InChI=1S/C62H42N4S2.C58H38N4S2/c1-3-11-51(12-4-1)65(53-35-27-45(28-36-53)43-19-23-49(24-20-43)61-63-57-15-7-9-17-59(57)67-61)55-39-31-47(32-40-55)48-33-41-56(42-34-48)66(52-13-5-2-6-14-52)54-37-29-46(30-38-54)44-21-25-50(26-22-44)62-64-58-16-8-10-18-60(58)68-62;1-3-15-49-41(11-1)13-9-19-53(49)61(47-35-27-43(28-36-47)57-59-51-17-5-7-21-55(51)63-57)45-31-23-39(24-32-45)40-25-33-46(34-26-40)62(54-20-10-14-42-12-2-4-16-50(42)54)48-37-29-44(30-38-48)58-60-52-18-6-8-22-56(52)64-58/h1-42H;1-38H. The predicted octanol–water partition coefficient (Wildman–Crippen LogP) is 35.3. The van der Waals surface area contributed by atoms with E-state index in [1.165, 1.54) is 62.6 Å². The fraction of sp³-hybridized carbons (Fsp3) is 0. The van der Waals surface area contributed by atoms with Crippen LogP contribution in [0.4, 0.5) is 68.2 Å². The summed E-state index contributed by atoms with van der Waals surface area (Å²) in [5.74, 6) is 0. The molecule has 0 spiro atoms. The van der Waals surface area contributed by atoms with Gasteiger partial charge in [-0.1, -0.05) is 279 Å². The Hall–Kier alpha value is -16.3.